The van der Waals surface area contributed by atoms with E-state index < -0.39 is 4.92 Å². The van der Waals surface area contributed by atoms with Crippen LogP contribution < -0.4 is 4.90 Å². The molecule has 1 aromatic heterocycles. The number of nitro groups is 1. The van der Waals surface area contributed by atoms with E-state index in [4.69, 9.17) is 16.3 Å². The van der Waals surface area contributed by atoms with Crippen molar-refractivity contribution >= 4 is 23.1 Å². The molecular weight excluding hydrogens is 272 g/mol. The van der Waals surface area contributed by atoms with Gasteiger partial charge in [0.2, 0.25) is 11.1 Å². The van der Waals surface area contributed by atoms with Gasteiger partial charge in [0.15, 0.2) is 0 Å². The summed E-state index contributed by atoms with van der Waals surface area (Å²) in [7, 11) is 1.74. The largest absolute Gasteiger partial charge is 0.376 e. The Morgan fingerprint density at radius 2 is 2.32 bits per heavy atom. The van der Waals surface area contributed by atoms with E-state index in [1.54, 1.807) is 18.9 Å². The van der Waals surface area contributed by atoms with E-state index in [9.17, 15) is 10.1 Å². The first-order valence-electron chi connectivity index (χ1n) is 6.00. The minimum Gasteiger partial charge on any atom is -0.376 e. The molecule has 104 valence electrons. The summed E-state index contributed by atoms with van der Waals surface area (Å²) in [6.07, 6.45) is 2.05. The molecule has 1 atom stereocenters. The first-order chi connectivity index (χ1) is 8.99. The lowest BCUT2D eigenvalue weighted by atomic mass is 10.2. The van der Waals surface area contributed by atoms with Gasteiger partial charge in [0.05, 0.1) is 11.0 Å². The molecule has 1 aliphatic heterocycles. The summed E-state index contributed by atoms with van der Waals surface area (Å²) in [6.45, 7) is 2.84. The van der Waals surface area contributed by atoms with Gasteiger partial charge in [0.1, 0.15) is 5.69 Å². The zero-order chi connectivity index (χ0) is 14.0. The maximum Gasteiger partial charge on any atom is 0.332 e. The van der Waals surface area contributed by atoms with Crippen molar-refractivity contribution < 1.29 is 9.66 Å². The van der Waals surface area contributed by atoms with Crippen molar-refractivity contribution in [1.82, 2.24) is 9.97 Å². The number of hydrogen-bond acceptors (Lipinski definition) is 6. The first kappa shape index (κ1) is 14.0. The number of ether oxygens (including phenoxy) is 1. The summed E-state index contributed by atoms with van der Waals surface area (Å²) in [4.78, 5) is 20.1. The molecule has 1 aliphatic rings. The topological polar surface area (TPSA) is 81.4 Å². The van der Waals surface area contributed by atoms with E-state index in [1.165, 1.54) is 0 Å². The third kappa shape index (κ3) is 3.10. The van der Waals surface area contributed by atoms with E-state index in [1.807, 2.05) is 0 Å². The van der Waals surface area contributed by atoms with Crippen LogP contribution in [-0.2, 0) is 4.74 Å². The SMILES string of the molecule is Cc1nc(Cl)nc(N(C)CC2CCCO2)c1[N+](=O)[O-]. The maximum absolute atomic E-state index is 11.1. The number of halogens is 1. The third-order valence-corrected chi connectivity index (χ3v) is 3.23. The van der Waals surface area contributed by atoms with Gasteiger partial charge in [0, 0.05) is 20.2 Å². The van der Waals surface area contributed by atoms with Crippen LogP contribution in [0.2, 0.25) is 5.28 Å². The molecule has 1 aromatic rings. The molecular formula is C11H15ClN4O3. The second kappa shape index (κ2) is 5.66. The van der Waals surface area contributed by atoms with Gasteiger partial charge in [-0.25, -0.2) is 4.98 Å². The van der Waals surface area contributed by atoms with Gasteiger partial charge in [-0.3, -0.25) is 10.1 Å². The van der Waals surface area contributed by atoms with E-state index >= 15 is 0 Å². The molecule has 7 nitrogen and oxygen atoms in total. The molecule has 19 heavy (non-hydrogen) atoms. The Morgan fingerprint density at radius 3 is 2.89 bits per heavy atom. The first-order valence-corrected chi connectivity index (χ1v) is 6.38. The molecule has 0 radical (unpaired) electrons. The van der Waals surface area contributed by atoms with Crippen molar-refractivity contribution in [2.45, 2.75) is 25.9 Å². The standard InChI is InChI=1S/C11H15ClN4O3/c1-7-9(16(17)18)10(14-11(12)13-7)15(2)6-8-4-3-5-19-8/h8H,3-6H2,1-2H3. The fourth-order valence-electron chi connectivity index (χ4n) is 2.18. The highest BCUT2D eigenvalue weighted by molar-refractivity contribution is 6.28. The molecule has 1 unspecified atom stereocenters. The maximum atomic E-state index is 11.1. The average molecular weight is 287 g/mol. The molecule has 1 saturated heterocycles. The van der Waals surface area contributed by atoms with Gasteiger partial charge in [0.25, 0.3) is 0 Å². The average Bonchev–Trinajstić information content (AvgIpc) is 2.79. The number of aromatic nitrogens is 2. The van der Waals surface area contributed by atoms with Crippen LogP contribution in [0.25, 0.3) is 0 Å². The van der Waals surface area contributed by atoms with Crippen molar-refractivity contribution in [3.63, 3.8) is 0 Å². The van der Waals surface area contributed by atoms with Crippen LogP contribution in [0, 0.1) is 17.0 Å². The summed E-state index contributed by atoms with van der Waals surface area (Å²) >= 11 is 5.78. The smallest absolute Gasteiger partial charge is 0.332 e. The number of hydrogen-bond donors (Lipinski definition) is 0. The van der Waals surface area contributed by atoms with Gasteiger partial charge in [-0.1, -0.05) is 0 Å². The van der Waals surface area contributed by atoms with Crippen molar-refractivity contribution in [3.05, 3.63) is 21.1 Å². The van der Waals surface area contributed by atoms with Crippen LogP contribution in [0.4, 0.5) is 11.5 Å². The number of aryl methyl sites for hydroxylation is 1. The van der Waals surface area contributed by atoms with Crippen LogP contribution in [-0.4, -0.2) is 41.2 Å². The quantitative estimate of drug-likeness (QED) is 0.478. The lowest BCUT2D eigenvalue weighted by Gasteiger charge is -2.21. The van der Waals surface area contributed by atoms with E-state index in [-0.39, 0.29) is 28.6 Å². The van der Waals surface area contributed by atoms with E-state index in [0.717, 1.165) is 19.4 Å². The Balaban J connectivity index is 2.28. The van der Waals surface area contributed by atoms with Gasteiger partial charge in [-0.15, -0.1) is 0 Å². The minimum atomic E-state index is -0.479. The minimum absolute atomic E-state index is 0.0114. The van der Waals surface area contributed by atoms with Crippen LogP contribution in [0.15, 0.2) is 0 Å². The van der Waals surface area contributed by atoms with Gasteiger partial charge < -0.3 is 9.64 Å². The van der Waals surface area contributed by atoms with Gasteiger partial charge in [-0.05, 0) is 31.4 Å². The Hall–Kier alpha value is -1.47. The summed E-state index contributed by atoms with van der Waals surface area (Å²) in [5, 5.41) is 11.1. The zero-order valence-electron chi connectivity index (χ0n) is 10.8. The molecule has 0 spiro atoms. The monoisotopic (exact) mass is 286 g/mol. The molecule has 2 rings (SSSR count). The highest BCUT2D eigenvalue weighted by Crippen LogP contribution is 2.29. The van der Waals surface area contributed by atoms with Crippen molar-refractivity contribution in [2.24, 2.45) is 0 Å². The Labute approximate surface area is 115 Å². The molecule has 0 amide bonds. The van der Waals surface area contributed by atoms with Crippen molar-refractivity contribution in [3.8, 4) is 0 Å². The normalized spacial score (nSPS) is 18.6. The number of rotatable bonds is 4. The third-order valence-electron chi connectivity index (χ3n) is 3.06. The van der Waals surface area contributed by atoms with E-state index in [0.29, 0.717) is 6.54 Å². The Kier molecular flexibility index (Phi) is 4.16. The zero-order valence-corrected chi connectivity index (χ0v) is 11.6. The van der Waals surface area contributed by atoms with Gasteiger partial charge in [-0.2, -0.15) is 4.98 Å². The highest BCUT2D eigenvalue weighted by atomic mass is 35.5. The Morgan fingerprint density at radius 1 is 1.58 bits per heavy atom. The lowest BCUT2D eigenvalue weighted by molar-refractivity contribution is -0.385. The molecule has 2 heterocycles. The molecule has 1 fully saturated rings. The lowest BCUT2D eigenvalue weighted by Crippen LogP contribution is -2.30. The molecule has 0 saturated carbocycles. The summed E-state index contributed by atoms with van der Waals surface area (Å²) < 4.78 is 5.52. The van der Waals surface area contributed by atoms with E-state index in [2.05, 4.69) is 9.97 Å². The molecule has 0 N–H and O–H groups in total. The van der Waals surface area contributed by atoms with Crippen molar-refractivity contribution in [1.29, 1.82) is 0 Å². The molecule has 8 heteroatoms. The number of anilines is 1. The second-order valence-corrected chi connectivity index (χ2v) is 4.86. The van der Waals surface area contributed by atoms with Gasteiger partial charge >= 0.3 is 5.69 Å². The van der Waals surface area contributed by atoms with Crippen LogP contribution in [0.1, 0.15) is 18.5 Å². The predicted molar refractivity (Wildman–Crippen MR) is 70.7 cm³/mol. The highest BCUT2D eigenvalue weighted by Gasteiger charge is 2.27. The molecule has 0 aromatic carbocycles. The predicted octanol–water partition coefficient (Wildman–Crippen LogP) is 1.96. The Bertz CT molecular complexity index is 491. The summed E-state index contributed by atoms with van der Waals surface area (Å²) in [5.41, 5.74) is 0.157. The molecule has 0 bridgehead atoms. The second-order valence-electron chi connectivity index (χ2n) is 4.52. The number of nitrogens with zero attached hydrogens (tertiary/aromatic N) is 4. The van der Waals surface area contributed by atoms with Crippen molar-refractivity contribution in [2.75, 3.05) is 25.1 Å². The fourth-order valence-corrected chi connectivity index (χ4v) is 2.39. The number of likely N-dealkylation sites (N-methyl/N-ethyl adjacent to an activating group) is 1. The van der Waals surface area contributed by atoms with Crippen LogP contribution in [0.5, 0.6) is 0 Å². The van der Waals surface area contributed by atoms with Crippen LogP contribution in [0.3, 0.4) is 0 Å². The summed E-state index contributed by atoms with van der Waals surface area (Å²) in [5.74, 6) is 0.234. The van der Waals surface area contributed by atoms with Crippen LogP contribution >= 0.6 is 11.6 Å². The summed E-state index contributed by atoms with van der Waals surface area (Å²) in [6, 6.07) is 0. The molecule has 0 aliphatic carbocycles. The fraction of sp³-hybridized carbons (Fsp3) is 0.636.